The minimum absolute atomic E-state index is 0.283. The van der Waals surface area contributed by atoms with Crippen molar-refractivity contribution in [2.45, 2.75) is 31.7 Å². The van der Waals surface area contributed by atoms with Gasteiger partial charge in [0.15, 0.2) is 0 Å². The first kappa shape index (κ1) is 23.5. The summed E-state index contributed by atoms with van der Waals surface area (Å²) in [5.74, 6) is -1.46. The maximum Gasteiger partial charge on any atom is 0.268 e. The van der Waals surface area contributed by atoms with Gasteiger partial charge in [0.2, 0.25) is 0 Å². The van der Waals surface area contributed by atoms with Gasteiger partial charge in [-0.1, -0.05) is 36.4 Å². The number of hydrogen-bond acceptors (Lipinski definition) is 7. The third kappa shape index (κ3) is 6.61. The molecule has 2 amide bonds. The molecule has 0 saturated heterocycles. The van der Waals surface area contributed by atoms with Gasteiger partial charge in [0.05, 0.1) is 18.8 Å². The Labute approximate surface area is 174 Å². The van der Waals surface area contributed by atoms with E-state index in [0.29, 0.717) is 18.7 Å². The highest BCUT2D eigenvalue weighted by Gasteiger charge is 2.25. The second-order valence-electron chi connectivity index (χ2n) is 6.91. The van der Waals surface area contributed by atoms with Crippen molar-refractivity contribution in [1.29, 1.82) is 0 Å². The lowest BCUT2D eigenvalue weighted by atomic mass is 10.0. The van der Waals surface area contributed by atoms with Gasteiger partial charge in [0.25, 0.3) is 11.8 Å². The summed E-state index contributed by atoms with van der Waals surface area (Å²) < 4.78 is 0. The van der Waals surface area contributed by atoms with Gasteiger partial charge in [-0.25, -0.2) is 5.48 Å². The molecule has 0 heterocycles. The number of amides is 2. The second kappa shape index (κ2) is 11.4. The van der Waals surface area contributed by atoms with Gasteiger partial charge in [0.1, 0.15) is 6.04 Å². The average Bonchev–Trinajstić information content (AvgIpc) is 2.77. The highest BCUT2D eigenvalue weighted by atomic mass is 16.5. The van der Waals surface area contributed by atoms with E-state index in [2.05, 4.69) is 10.6 Å². The SMILES string of the molecule is C[C@@H](O)[C@H](NC(=O)c1ccc(-c2ccc(CNC[C@@H](O)CO)cc2)cc1)C(=O)NO. The quantitative estimate of drug-likeness (QED) is 0.209. The summed E-state index contributed by atoms with van der Waals surface area (Å²) in [6.45, 7) is 1.91. The van der Waals surface area contributed by atoms with Crippen LogP contribution in [0.5, 0.6) is 0 Å². The van der Waals surface area contributed by atoms with Gasteiger partial charge in [-0.2, -0.15) is 0 Å². The number of carbonyl (C=O) groups excluding carboxylic acids is 2. The molecule has 30 heavy (non-hydrogen) atoms. The number of carbonyl (C=O) groups is 2. The number of aliphatic hydroxyl groups is 3. The molecule has 3 atom stereocenters. The highest BCUT2D eigenvalue weighted by Crippen LogP contribution is 2.20. The Morgan fingerprint density at radius 1 is 0.967 bits per heavy atom. The summed E-state index contributed by atoms with van der Waals surface area (Å²) in [6, 6.07) is 13.2. The van der Waals surface area contributed by atoms with E-state index >= 15 is 0 Å². The standard InChI is InChI=1S/C21H27N3O6/c1-13(26)19(21(29)24-30)23-20(28)17-8-6-16(7-9-17)15-4-2-14(3-5-15)10-22-11-18(27)12-25/h2-9,13,18-19,22,25-27,30H,10-12H2,1H3,(H,23,28)(H,24,29)/t13-,18-,19+/m1/s1. The van der Waals surface area contributed by atoms with Crippen molar-refractivity contribution in [2.24, 2.45) is 0 Å². The summed E-state index contributed by atoms with van der Waals surface area (Å²) in [6.07, 6.45) is -1.96. The fraction of sp³-hybridized carbons (Fsp3) is 0.333. The third-order valence-corrected chi connectivity index (χ3v) is 4.52. The minimum Gasteiger partial charge on any atom is -0.394 e. The van der Waals surface area contributed by atoms with E-state index < -0.39 is 30.1 Å². The molecule has 2 aromatic carbocycles. The first-order valence-corrected chi connectivity index (χ1v) is 9.47. The van der Waals surface area contributed by atoms with Gasteiger partial charge >= 0.3 is 0 Å². The number of aliphatic hydroxyl groups excluding tert-OH is 3. The predicted molar refractivity (Wildman–Crippen MR) is 110 cm³/mol. The summed E-state index contributed by atoms with van der Waals surface area (Å²) in [4.78, 5) is 23.9. The largest absolute Gasteiger partial charge is 0.394 e. The molecule has 0 bridgehead atoms. The van der Waals surface area contributed by atoms with Gasteiger partial charge in [0, 0.05) is 18.7 Å². The van der Waals surface area contributed by atoms with Crippen LogP contribution in [0.4, 0.5) is 0 Å². The number of hydroxylamine groups is 1. The summed E-state index contributed by atoms with van der Waals surface area (Å²) in [7, 11) is 0. The molecule has 0 saturated carbocycles. The van der Waals surface area contributed by atoms with Gasteiger partial charge in [-0.05, 0) is 35.7 Å². The van der Waals surface area contributed by atoms with E-state index in [-0.39, 0.29) is 6.61 Å². The summed E-state index contributed by atoms with van der Waals surface area (Å²) in [5, 5.41) is 41.9. The van der Waals surface area contributed by atoms with Gasteiger partial charge in [-0.15, -0.1) is 0 Å². The molecule has 0 spiro atoms. The smallest absolute Gasteiger partial charge is 0.268 e. The molecular formula is C21H27N3O6. The predicted octanol–water partition coefficient (Wildman–Crippen LogP) is -0.219. The number of rotatable bonds is 10. The van der Waals surface area contributed by atoms with Crippen LogP contribution in [0.25, 0.3) is 11.1 Å². The van der Waals surface area contributed by atoms with Gasteiger partial charge in [-0.3, -0.25) is 14.8 Å². The van der Waals surface area contributed by atoms with Crippen LogP contribution in [-0.2, 0) is 11.3 Å². The maximum absolute atomic E-state index is 12.3. The van der Waals surface area contributed by atoms with Crippen LogP contribution in [0.1, 0.15) is 22.8 Å². The zero-order valence-electron chi connectivity index (χ0n) is 16.6. The van der Waals surface area contributed by atoms with Crippen molar-refractivity contribution < 1.29 is 30.1 Å². The zero-order valence-corrected chi connectivity index (χ0v) is 16.6. The van der Waals surface area contributed by atoms with E-state index in [0.717, 1.165) is 16.7 Å². The van der Waals surface area contributed by atoms with Crippen LogP contribution in [0, 0.1) is 0 Å². The number of nitrogens with one attached hydrogen (secondary N) is 3. The van der Waals surface area contributed by atoms with Crippen molar-refractivity contribution in [1.82, 2.24) is 16.1 Å². The topological polar surface area (TPSA) is 151 Å². The van der Waals surface area contributed by atoms with E-state index in [1.165, 1.54) is 12.4 Å². The average molecular weight is 417 g/mol. The molecule has 0 radical (unpaired) electrons. The third-order valence-electron chi connectivity index (χ3n) is 4.52. The molecule has 2 aromatic rings. The molecular weight excluding hydrogens is 390 g/mol. The molecule has 0 aromatic heterocycles. The van der Waals surface area contributed by atoms with Crippen LogP contribution in [0.3, 0.4) is 0 Å². The number of benzene rings is 2. The van der Waals surface area contributed by atoms with Crippen LogP contribution < -0.4 is 16.1 Å². The van der Waals surface area contributed by atoms with E-state index in [1.807, 2.05) is 24.3 Å². The van der Waals surface area contributed by atoms with Crippen molar-refractivity contribution in [3.05, 3.63) is 59.7 Å². The highest BCUT2D eigenvalue weighted by molar-refractivity contribution is 5.97. The summed E-state index contributed by atoms with van der Waals surface area (Å²) >= 11 is 0. The second-order valence-corrected chi connectivity index (χ2v) is 6.91. The Kier molecular flexibility index (Phi) is 8.90. The Morgan fingerprint density at radius 2 is 1.53 bits per heavy atom. The lowest BCUT2D eigenvalue weighted by Crippen LogP contribution is -2.51. The maximum atomic E-state index is 12.3. The fourth-order valence-corrected chi connectivity index (χ4v) is 2.78. The lowest BCUT2D eigenvalue weighted by Gasteiger charge is -2.19. The van der Waals surface area contributed by atoms with E-state index in [4.69, 9.17) is 10.3 Å². The van der Waals surface area contributed by atoms with Crippen molar-refractivity contribution in [3.63, 3.8) is 0 Å². The van der Waals surface area contributed by atoms with Gasteiger partial charge < -0.3 is 26.0 Å². The molecule has 7 N–H and O–H groups in total. The molecule has 0 fully saturated rings. The molecule has 0 aliphatic rings. The first-order valence-electron chi connectivity index (χ1n) is 9.47. The van der Waals surface area contributed by atoms with Crippen LogP contribution in [0.15, 0.2) is 48.5 Å². The van der Waals surface area contributed by atoms with Crippen molar-refractivity contribution in [3.8, 4) is 11.1 Å². The summed E-state index contributed by atoms with van der Waals surface area (Å²) in [5.41, 5.74) is 4.58. The van der Waals surface area contributed by atoms with Crippen LogP contribution in [-0.4, -0.2) is 63.7 Å². The molecule has 0 aliphatic heterocycles. The monoisotopic (exact) mass is 417 g/mol. The fourth-order valence-electron chi connectivity index (χ4n) is 2.78. The Hall–Kier alpha value is -2.82. The Morgan fingerprint density at radius 3 is 2.03 bits per heavy atom. The van der Waals surface area contributed by atoms with Crippen molar-refractivity contribution in [2.75, 3.05) is 13.2 Å². The zero-order chi connectivity index (χ0) is 22.1. The lowest BCUT2D eigenvalue weighted by molar-refractivity contribution is -0.133. The van der Waals surface area contributed by atoms with E-state index in [9.17, 15) is 19.8 Å². The van der Waals surface area contributed by atoms with Crippen molar-refractivity contribution >= 4 is 11.8 Å². The number of hydrogen-bond donors (Lipinski definition) is 7. The van der Waals surface area contributed by atoms with Crippen LogP contribution >= 0.6 is 0 Å². The van der Waals surface area contributed by atoms with Crippen LogP contribution in [0.2, 0.25) is 0 Å². The Bertz CT molecular complexity index is 824. The molecule has 0 unspecified atom stereocenters. The van der Waals surface area contributed by atoms with E-state index in [1.54, 1.807) is 24.3 Å². The molecule has 0 aliphatic carbocycles. The molecule has 2 rings (SSSR count). The molecule has 9 nitrogen and oxygen atoms in total. The minimum atomic E-state index is -1.28. The molecule has 162 valence electrons. The Balaban J connectivity index is 1.99. The normalized spacial score (nSPS) is 13.9. The first-order chi connectivity index (χ1) is 14.3. The molecule has 9 heteroatoms.